The van der Waals surface area contributed by atoms with Gasteiger partial charge in [-0.1, -0.05) is 6.07 Å². The molecule has 0 fully saturated rings. The molecule has 5 heteroatoms. The number of nitrogen functional groups attached to an aromatic ring is 1. The van der Waals surface area contributed by atoms with Crippen LogP contribution in [0.2, 0.25) is 0 Å². The molecular weight excluding hydrogens is 225 g/mol. The second kappa shape index (κ2) is 3.31. The Morgan fingerprint density at radius 1 is 1.31 bits per heavy atom. The van der Waals surface area contributed by atoms with Crippen LogP contribution in [0.25, 0.3) is 21.7 Å². The van der Waals surface area contributed by atoms with Crippen molar-refractivity contribution in [3.8, 4) is 10.7 Å². The van der Waals surface area contributed by atoms with Gasteiger partial charge in [-0.05, 0) is 23.6 Å². The van der Waals surface area contributed by atoms with Gasteiger partial charge < -0.3 is 10.7 Å². The van der Waals surface area contributed by atoms with Crippen LogP contribution < -0.4 is 5.73 Å². The maximum atomic E-state index is 13.4. The summed E-state index contributed by atoms with van der Waals surface area (Å²) in [4.78, 5) is 8.12. The Kier molecular flexibility index (Phi) is 1.94. The fourth-order valence-corrected chi connectivity index (χ4v) is 2.38. The molecule has 0 aliphatic heterocycles. The lowest BCUT2D eigenvalue weighted by molar-refractivity contribution is 0.637. The first-order chi connectivity index (χ1) is 7.75. The first kappa shape index (κ1) is 9.35. The zero-order chi connectivity index (χ0) is 11.1. The summed E-state index contributed by atoms with van der Waals surface area (Å²) in [5, 5.41) is 1.88. The van der Waals surface area contributed by atoms with Crippen molar-refractivity contribution in [3.05, 3.63) is 35.5 Å². The van der Waals surface area contributed by atoms with Crippen LogP contribution in [-0.2, 0) is 0 Å². The van der Waals surface area contributed by atoms with Gasteiger partial charge in [-0.15, -0.1) is 11.3 Å². The number of para-hydroxylation sites is 1. The number of hydrogen-bond donors (Lipinski definition) is 2. The fraction of sp³-hybridized carbons (Fsp3) is 0. The largest absolute Gasteiger partial charge is 0.397 e. The van der Waals surface area contributed by atoms with E-state index < -0.39 is 0 Å². The Labute approximate surface area is 94.7 Å². The van der Waals surface area contributed by atoms with Gasteiger partial charge in [-0.2, -0.15) is 0 Å². The van der Waals surface area contributed by atoms with Crippen molar-refractivity contribution in [3.63, 3.8) is 0 Å². The molecule has 0 aliphatic carbocycles. The first-order valence-corrected chi connectivity index (χ1v) is 5.61. The molecule has 0 aliphatic rings. The molecule has 3 nitrogen and oxygen atoms in total. The number of nitrogens with two attached hydrogens (primary N) is 1. The quantitative estimate of drug-likeness (QED) is 0.678. The van der Waals surface area contributed by atoms with Gasteiger partial charge in [0.25, 0.3) is 0 Å². The van der Waals surface area contributed by atoms with E-state index in [0.29, 0.717) is 22.5 Å². The number of nitrogens with one attached hydrogen (secondary N) is 1. The summed E-state index contributed by atoms with van der Waals surface area (Å²) < 4.78 is 13.4. The van der Waals surface area contributed by atoms with Crippen LogP contribution in [0.5, 0.6) is 0 Å². The molecule has 16 heavy (non-hydrogen) atoms. The standard InChI is InChI=1S/C11H8FN3S/c12-6-2-1-3-8-9(6)15-11(14-8)10-7(13)4-5-16-10/h1-5H,13H2,(H,14,15). The highest BCUT2D eigenvalue weighted by Crippen LogP contribution is 2.31. The third-order valence-corrected chi connectivity index (χ3v) is 3.31. The lowest BCUT2D eigenvalue weighted by atomic mass is 10.3. The molecule has 0 saturated carbocycles. The summed E-state index contributed by atoms with van der Waals surface area (Å²) in [6, 6.07) is 6.64. The van der Waals surface area contributed by atoms with E-state index in [4.69, 9.17) is 5.73 Å². The Balaban J connectivity index is 2.27. The molecule has 0 unspecified atom stereocenters. The van der Waals surface area contributed by atoms with Crippen molar-refractivity contribution in [2.45, 2.75) is 0 Å². The summed E-state index contributed by atoms with van der Waals surface area (Å²) in [6.07, 6.45) is 0. The molecule has 3 N–H and O–H groups in total. The van der Waals surface area contributed by atoms with Crippen molar-refractivity contribution in [2.75, 3.05) is 5.73 Å². The number of imidazole rings is 1. The second-order valence-corrected chi connectivity index (χ2v) is 4.34. The van der Waals surface area contributed by atoms with E-state index in [0.717, 1.165) is 4.88 Å². The number of thiophene rings is 1. The molecule has 2 heterocycles. The zero-order valence-electron chi connectivity index (χ0n) is 8.20. The molecule has 0 atom stereocenters. The predicted molar refractivity (Wildman–Crippen MR) is 63.8 cm³/mol. The summed E-state index contributed by atoms with van der Waals surface area (Å²) >= 11 is 1.48. The number of nitrogens with zero attached hydrogens (tertiary/aromatic N) is 1. The van der Waals surface area contributed by atoms with Gasteiger partial charge in [-0.3, -0.25) is 0 Å². The van der Waals surface area contributed by atoms with Gasteiger partial charge in [0.2, 0.25) is 0 Å². The van der Waals surface area contributed by atoms with Crippen LogP contribution in [0, 0.1) is 5.82 Å². The van der Waals surface area contributed by atoms with Crippen molar-refractivity contribution in [2.24, 2.45) is 0 Å². The minimum absolute atomic E-state index is 0.324. The average Bonchev–Trinajstić information content (AvgIpc) is 2.84. The third kappa shape index (κ3) is 1.29. The molecule has 3 rings (SSSR count). The second-order valence-electron chi connectivity index (χ2n) is 3.43. The first-order valence-electron chi connectivity index (χ1n) is 4.73. The zero-order valence-corrected chi connectivity index (χ0v) is 9.01. The average molecular weight is 233 g/mol. The lowest BCUT2D eigenvalue weighted by Crippen LogP contribution is -1.84. The number of H-pyrrole nitrogens is 1. The Morgan fingerprint density at radius 3 is 2.88 bits per heavy atom. The molecule has 0 spiro atoms. The number of anilines is 1. The van der Waals surface area contributed by atoms with Gasteiger partial charge >= 0.3 is 0 Å². The highest BCUT2D eigenvalue weighted by Gasteiger charge is 2.11. The maximum absolute atomic E-state index is 13.4. The topological polar surface area (TPSA) is 54.7 Å². The van der Waals surface area contributed by atoms with Gasteiger partial charge in [0.15, 0.2) is 11.6 Å². The molecule has 3 aromatic rings. The SMILES string of the molecule is Nc1ccsc1-c1nc2c(F)cccc2[nH]1. The molecule has 1 aromatic carbocycles. The monoisotopic (exact) mass is 233 g/mol. The van der Waals surface area contributed by atoms with Crippen LogP contribution in [0.3, 0.4) is 0 Å². The third-order valence-electron chi connectivity index (χ3n) is 2.37. The molecule has 0 saturated heterocycles. The predicted octanol–water partition coefficient (Wildman–Crippen LogP) is 3.01. The van der Waals surface area contributed by atoms with Gasteiger partial charge in [0.05, 0.1) is 16.1 Å². The minimum atomic E-state index is -0.324. The number of hydrogen-bond acceptors (Lipinski definition) is 3. The van der Waals surface area contributed by atoms with E-state index in [9.17, 15) is 4.39 Å². The van der Waals surface area contributed by atoms with Crippen LogP contribution >= 0.6 is 11.3 Å². The maximum Gasteiger partial charge on any atom is 0.151 e. The highest BCUT2D eigenvalue weighted by molar-refractivity contribution is 7.14. The van der Waals surface area contributed by atoms with E-state index >= 15 is 0 Å². The number of fused-ring (bicyclic) bond motifs is 1. The molecule has 0 amide bonds. The number of aromatic amines is 1. The van der Waals surface area contributed by atoms with Crippen molar-refractivity contribution >= 4 is 28.1 Å². The van der Waals surface area contributed by atoms with Crippen LogP contribution in [-0.4, -0.2) is 9.97 Å². The van der Waals surface area contributed by atoms with Crippen molar-refractivity contribution < 1.29 is 4.39 Å². The van der Waals surface area contributed by atoms with Crippen LogP contribution in [0.15, 0.2) is 29.6 Å². The number of benzene rings is 1. The number of halogens is 1. The molecule has 80 valence electrons. The van der Waals surface area contributed by atoms with Crippen LogP contribution in [0.4, 0.5) is 10.1 Å². The Hall–Kier alpha value is -1.88. The summed E-state index contributed by atoms with van der Waals surface area (Å²) in [5.41, 5.74) is 7.48. The molecular formula is C11H8FN3S. The summed E-state index contributed by atoms with van der Waals surface area (Å²) in [6.45, 7) is 0. The number of rotatable bonds is 1. The van der Waals surface area contributed by atoms with E-state index in [2.05, 4.69) is 9.97 Å². The van der Waals surface area contributed by atoms with Gasteiger partial charge in [-0.25, -0.2) is 9.37 Å². The smallest absolute Gasteiger partial charge is 0.151 e. The Morgan fingerprint density at radius 2 is 2.19 bits per heavy atom. The number of aromatic nitrogens is 2. The van der Waals surface area contributed by atoms with Gasteiger partial charge in [0, 0.05) is 0 Å². The minimum Gasteiger partial charge on any atom is -0.397 e. The summed E-state index contributed by atoms with van der Waals surface area (Å²) in [7, 11) is 0. The van der Waals surface area contributed by atoms with E-state index in [1.54, 1.807) is 12.1 Å². The van der Waals surface area contributed by atoms with E-state index in [1.807, 2.05) is 11.4 Å². The Bertz CT molecular complexity index is 656. The molecule has 0 radical (unpaired) electrons. The van der Waals surface area contributed by atoms with Gasteiger partial charge in [0.1, 0.15) is 5.52 Å². The molecule has 0 bridgehead atoms. The van der Waals surface area contributed by atoms with Crippen LogP contribution in [0.1, 0.15) is 0 Å². The lowest BCUT2D eigenvalue weighted by Gasteiger charge is -1.91. The highest BCUT2D eigenvalue weighted by atomic mass is 32.1. The fourth-order valence-electron chi connectivity index (χ4n) is 1.62. The molecule has 2 aromatic heterocycles. The normalized spacial score (nSPS) is 11.1. The van der Waals surface area contributed by atoms with Crippen molar-refractivity contribution in [1.82, 2.24) is 9.97 Å². The summed E-state index contributed by atoms with van der Waals surface area (Å²) in [5.74, 6) is 0.294. The van der Waals surface area contributed by atoms with E-state index in [1.165, 1.54) is 17.4 Å². The van der Waals surface area contributed by atoms with E-state index in [-0.39, 0.29) is 5.82 Å². The van der Waals surface area contributed by atoms with Crippen molar-refractivity contribution in [1.29, 1.82) is 0 Å².